The molecule has 1 aromatic carbocycles. The molecule has 0 spiro atoms. The van der Waals surface area contributed by atoms with Gasteiger partial charge in [-0.2, -0.15) is 0 Å². The van der Waals surface area contributed by atoms with E-state index in [1.807, 2.05) is 0 Å². The van der Waals surface area contributed by atoms with Crippen molar-refractivity contribution in [2.24, 2.45) is 11.8 Å². The molecule has 0 saturated heterocycles. The van der Waals surface area contributed by atoms with Crippen molar-refractivity contribution >= 4 is 5.69 Å². The number of hydrogen-bond acceptors (Lipinski definition) is 2. The van der Waals surface area contributed by atoms with Gasteiger partial charge in [0.15, 0.2) is 0 Å². The average Bonchev–Trinajstić information content (AvgIpc) is 2.36. The van der Waals surface area contributed by atoms with E-state index in [9.17, 15) is 0 Å². The summed E-state index contributed by atoms with van der Waals surface area (Å²) in [5.74, 6) is 2.40. The van der Waals surface area contributed by atoms with Gasteiger partial charge in [-0.3, -0.25) is 0 Å². The van der Waals surface area contributed by atoms with Crippen LogP contribution in [-0.2, 0) is 0 Å². The summed E-state index contributed by atoms with van der Waals surface area (Å²) in [5, 5.41) is 3.67. The summed E-state index contributed by atoms with van der Waals surface area (Å²) in [6.07, 6.45) is 3.48. The second-order valence-corrected chi connectivity index (χ2v) is 6.47. The van der Waals surface area contributed by atoms with Crippen LogP contribution in [0.5, 0.6) is 5.75 Å². The largest absolute Gasteiger partial charge is 0.494 e. The van der Waals surface area contributed by atoms with Crippen LogP contribution in [-0.4, -0.2) is 12.6 Å². The quantitative estimate of drug-likeness (QED) is 0.657. The van der Waals surface area contributed by atoms with Crippen LogP contribution in [0.15, 0.2) is 24.3 Å². The predicted octanol–water partition coefficient (Wildman–Crippen LogP) is 5.35. The number of anilines is 1. The molecule has 2 heteroatoms. The molecule has 0 aromatic heterocycles. The van der Waals surface area contributed by atoms with E-state index in [1.54, 1.807) is 0 Å². The van der Waals surface area contributed by atoms with Crippen molar-refractivity contribution in [1.29, 1.82) is 0 Å². The molecule has 1 N–H and O–H groups in total. The molecule has 0 unspecified atom stereocenters. The SMILES string of the molecule is CCCOc1ccc(NC(CC(C)C)CC(C)C)cc1. The van der Waals surface area contributed by atoms with Gasteiger partial charge in [0.2, 0.25) is 0 Å². The average molecular weight is 277 g/mol. The molecule has 0 aliphatic carbocycles. The van der Waals surface area contributed by atoms with Gasteiger partial charge in [-0.1, -0.05) is 34.6 Å². The lowest BCUT2D eigenvalue weighted by molar-refractivity contribution is 0.317. The van der Waals surface area contributed by atoms with Gasteiger partial charge in [0.1, 0.15) is 5.75 Å². The van der Waals surface area contributed by atoms with Gasteiger partial charge in [-0.05, 0) is 55.4 Å². The summed E-state index contributed by atoms with van der Waals surface area (Å²) in [5.41, 5.74) is 1.19. The maximum absolute atomic E-state index is 5.62. The summed E-state index contributed by atoms with van der Waals surface area (Å²) >= 11 is 0. The molecule has 0 amide bonds. The minimum Gasteiger partial charge on any atom is -0.494 e. The van der Waals surface area contributed by atoms with E-state index in [1.165, 1.54) is 18.5 Å². The maximum Gasteiger partial charge on any atom is 0.119 e. The normalized spacial score (nSPS) is 11.4. The molecule has 0 bridgehead atoms. The zero-order valence-corrected chi connectivity index (χ0v) is 13.8. The highest BCUT2D eigenvalue weighted by molar-refractivity contribution is 5.47. The Morgan fingerprint density at radius 1 is 0.950 bits per heavy atom. The van der Waals surface area contributed by atoms with Crippen LogP contribution >= 0.6 is 0 Å². The first-order chi connectivity index (χ1) is 9.51. The van der Waals surface area contributed by atoms with Crippen LogP contribution in [0.25, 0.3) is 0 Å². The van der Waals surface area contributed by atoms with Gasteiger partial charge in [-0.15, -0.1) is 0 Å². The third-order valence-corrected chi connectivity index (χ3v) is 3.21. The van der Waals surface area contributed by atoms with Crippen molar-refractivity contribution in [1.82, 2.24) is 0 Å². The Balaban J connectivity index is 2.58. The Morgan fingerprint density at radius 3 is 1.95 bits per heavy atom. The first kappa shape index (κ1) is 16.9. The first-order valence-corrected chi connectivity index (χ1v) is 8.00. The molecule has 1 aromatic rings. The Morgan fingerprint density at radius 2 is 1.50 bits per heavy atom. The molecule has 0 heterocycles. The highest BCUT2D eigenvalue weighted by atomic mass is 16.5. The lowest BCUT2D eigenvalue weighted by Crippen LogP contribution is -2.23. The van der Waals surface area contributed by atoms with Gasteiger partial charge in [0, 0.05) is 11.7 Å². The molecule has 0 aliphatic heterocycles. The van der Waals surface area contributed by atoms with Crippen LogP contribution in [0.4, 0.5) is 5.69 Å². The summed E-state index contributed by atoms with van der Waals surface area (Å²) in [6.45, 7) is 12.1. The van der Waals surface area contributed by atoms with E-state index in [2.05, 4.69) is 64.2 Å². The van der Waals surface area contributed by atoms with Crippen LogP contribution < -0.4 is 10.1 Å². The van der Waals surface area contributed by atoms with Gasteiger partial charge in [0.05, 0.1) is 6.61 Å². The van der Waals surface area contributed by atoms with Crippen molar-refractivity contribution in [3.63, 3.8) is 0 Å². The molecule has 1 rings (SSSR count). The fraction of sp³-hybridized carbons (Fsp3) is 0.667. The lowest BCUT2D eigenvalue weighted by atomic mass is 9.95. The van der Waals surface area contributed by atoms with Crippen molar-refractivity contribution < 1.29 is 4.74 Å². The number of nitrogens with one attached hydrogen (secondary N) is 1. The van der Waals surface area contributed by atoms with Crippen LogP contribution in [0.1, 0.15) is 53.9 Å². The minimum absolute atomic E-state index is 0.553. The van der Waals surface area contributed by atoms with E-state index in [-0.39, 0.29) is 0 Å². The maximum atomic E-state index is 5.62. The second kappa shape index (κ2) is 8.89. The van der Waals surface area contributed by atoms with E-state index in [4.69, 9.17) is 4.74 Å². The van der Waals surface area contributed by atoms with E-state index < -0.39 is 0 Å². The molecular weight excluding hydrogens is 246 g/mol. The van der Waals surface area contributed by atoms with Gasteiger partial charge < -0.3 is 10.1 Å². The van der Waals surface area contributed by atoms with Gasteiger partial charge >= 0.3 is 0 Å². The highest BCUT2D eigenvalue weighted by Gasteiger charge is 2.12. The predicted molar refractivity (Wildman–Crippen MR) is 88.5 cm³/mol. The molecule has 0 aliphatic rings. The summed E-state index contributed by atoms with van der Waals surface area (Å²) < 4.78 is 5.62. The second-order valence-electron chi connectivity index (χ2n) is 6.47. The van der Waals surface area contributed by atoms with Crippen molar-refractivity contribution in [2.45, 2.75) is 59.9 Å². The van der Waals surface area contributed by atoms with Gasteiger partial charge in [0.25, 0.3) is 0 Å². The number of benzene rings is 1. The van der Waals surface area contributed by atoms with E-state index in [0.717, 1.165) is 30.6 Å². The molecule has 114 valence electrons. The Bertz CT molecular complexity index is 346. The first-order valence-electron chi connectivity index (χ1n) is 8.00. The molecule has 0 saturated carbocycles. The Kier molecular flexibility index (Phi) is 7.50. The van der Waals surface area contributed by atoms with Crippen LogP contribution in [0, 0.1) is 11.8 Å². The molecule has 0 fully saturated rings. The van der Waals surface area contributed by atoms with E-state index >= 15 is 0 Å². The number of hydrogen-bond donors (Lipinski definition) is 1. The highest BCUT2D eigenvalue weighted by Crippen LogP contribution is 2.21. The molecule has 2 nitrogen and oxygen atoms in total. The number of rotatable bonds is 9. The van der Waals surface area contributed by atoms with Crippen LogP contribution in [0.3, 0.4) is 0 Å². The Labute approximate surface area is 124 Å². The number of ether oxygens (including phenoxy) is 1. The molecule has 20 heavy (non-hydrogen) atoms. The zero-order chi connectivity index (χ0) is 15.0. The van der Waals surface area contributed by atoms with Crippen molar-refractivity contribution in [3.05, 3.63) is 24.3 Å². The minimum atomic E-state index is 0.553. The third kappa shape index (κ3) is 6.83. The Hall–Kier alpha value is -1.18. The third-order valence-electron chi connectivity index (χ3n) is 3.21. The molecule has 0 atom stereocenters. The van der Waals surface area contributed by atoms with Crippen molar-refractivity contribution in [2.75, 3.05) is 11.9 Å². The molecular formula is C18H31NO. The molecule has 0 radical (unpaired) electrons. The smallest absolute Gasteiger partial charge is 0.119 e. The van der Waals surface area contributed by atoms with Gasteiger partial charge in [-0.25, -0.2) is 0 Å². The summed E-state index contributed by atoms with van der Waals surface area (Å²) in [4.78, 5) is 0. The van der Waals surface area contributed by atoms with E-state index in [0.29, 0.717) is 6.04 Å². The monoisotopic (exact) mass is 277 g/mol. The topological polar surface area (TPSA) is 21.3 Å². The van der Waals surface area contributed by atoms with Crippen LogP contribution in [0.2, 0.25) is 0 Å². The zero-order valence-electron chi connectivity index (χ0n) is 13.8. The summed E-state index contributed by atoms with van der Waals surface area (Å²) in [7, 11) is 0. The fourth-order valence-electron chi connectivity index (χ4n) is 2.46. The lowest BCUT2D eigenvalue weighted by Gasteiger charge is -2.23. The summed E-state index contributed by atoms with van der Waals surface area (Å²) in [6, 6.07) is 8.91. The standard InChI is InChI=1S/C18H31NO/c1-6-11-20-18-9-7-16(8-10-18)19-17(12-14(2)3)13-15(4)5/h7-10,14-15,17,19H,6,11-13H2,1-5H3. The van der Waals surface area contributed by atoms with Crippen molar-refractivity contribution in [3.8, 4) is 5.75 Å². The fourth-order valence-corrected chi connectivity index (χ4v) is 2.46.